The monoisotopic (exact) mass is 701 g/mol. The van der Waals surface area contributed by atoms with Crippen LogP contribution >= 0.6 is 0 Å². The Labute approximate surface area is 244 Å². The van der Waals surface area contributed by atoms with Crippen molar-refractivity contribution in [1.29, 1.82) is 0 Å². The summed E-state index contributed by atoms with van der Waals surface area (Å²) in [6, 6.07) is 37.2. The van der Waals surface area contributed by atoms with Gasteiger partial charge in [-0.2, -0.15) is 0 Å². The van der Waals surface area contributed by atoms with E-state index in [2.05, 4.69) is 21.0 Å². The Morgan fingerprint density at radius 3 is 2.30 bits per heavy atom. The Morgan fingerprint density at radius 1 is 0.700 bits per heavy atom. The van der Waals surface area contributed by atoms with Crippen LogP contribution in [0.3, 0.4) is 0 Å². The first-order valence-electron chi connectivity index (χ1n) is 12.5. The molecule has 6 heteroatoms. The Morgan fingerprint density at radius 2 is 1.52 bits per heavy atom. The van der Waals surface area contributed by atoms with Crippen LogP contribution in [0.15, 0.2) is 126 Å². The van der Waals surface area contributed by atoms with Crippen molar-refractivity contribution in [1.82, 2.24) is 15.0 Å². The number of benzene rings is 3. The van der Waals surface area contributed by atoms with Crippen molar-refractivity contribution in [3.63, 3.8) is 0 Å². The summed E-state index contributed by atoms with van der Waals surface area (Å²) in [6.07, 6.45) is 3.55. The molecular formula is C34H23FIrN3O-. The van der Waals surface area contributed by atoms with Crippen molar-refractivity contribution < 1.29 is 28.9 Å². The van der Waals surface area contributed by atoms with Gasteiger partial charge < -0.3 is 9.40 Å². The van der Waals surface area contributed by atoms with E-state index in [1.807, 2.05) is 91.9 Å². The molecule has 7 rings (SSSR count). The molecule has 0 saturated carbocycles. The minimum atomic E-state index is -0.247. The Balaban J connectivity index is 0.000000209. The van der Waals surface area contributed by atoms with E-state index < -0.39 is 0 Å². The van der Waals surface area contributed by atoms with Crippen molar-refractivity contribution in [3.05, 3.63) is 139 Å². The van der Waals surface area contributed by atoms with Crippen molar-refractivity contribution in [2.24, 2.45) is 0 Å². The van der Waals surface area contributed by atoms with E-state index in [1.54, 1.807) is 24.5 Å². The zero-order valence-electron chi connectivity index (χ0n) is 21.5. The van der Waals surface area contributed by atoms with Crippen LogP contribution in [0, 0.1) is 18.8 Å². The summed E-state index contributed by atoms with van der Waals surface area (Å²) in [7, 11) is 0. The molecule has 0 saturated heterocycles. The van der Waals surface area contributed by atoms with Gasteiger partial charge in [0.05, 0.1) is 5.69 Å². The summed E-state index contributed by atoms with van der Waals surface area (Å²) in [5.41, 5.74) is 7.96. The third kappa shape index (κ3) is 5.74. The predicted octanol–water partition coefficient (Wildman–Crippen LogP) is 8.70. The number of halogens is 1. The van der Waals surface area contributed by atoms with Crippen LogP contribution < -0.4 is 0 Å². The van der Waals surface area contributed by atoms with E-state index in [-0.39, 0.29) is 25.9 Å². The standard InChI is InChI=1S/C23H15FN2O.C11H8N.Ir/c1-14-5-10-19-18-3-2-4-20(22(18)27-23(19)26-14)21-13-16(11-12-25-21)15-6-8-17(24)9-7-15;1-2-6-10(7-3-1)11-8-4-5-9-12-11;/h2-13H,1H3;1-6,8-9H;/q;-1;. The van der Waals surface area contributed by atoms with Crippen LogP contribution in [-0.2, 0) is 20.1 Å². The average Bonchev–Trinajstić information content (AvgIpc) is 3.36. The van der Waals surface area contributed by atoms with Gasteiger partial charge in [0.25, 0.3) is 0 Å². The Bertz CT molecular complexity index is 1830. The van der Waals surface area contributed by atoms with E-state index in [0.29, 0.717) is 5.71 Å². The summed E-state index contributed by atoms with van der Waals surface area (Å²) < 4.78 is 19.3. The molecule has 0 aliphatic heterocycles. The first-order chi connectivity index (χ1) is 19.2. The number of nitrogens with zero attached hydrogens (tertiary/aromatic N) is 3. The number of para-hydroxylation sites is 1. The molecule has 0 aliphatic carbocycles. The average molecular weight is 701 g/mol. The van der Waals surface area contributed by atoms with Gasteiger partial charge >= 0.3 is 0 Å². The van der Waals surface area contributed by atoms with Crippen molar-refractivity contribution in [2.45, 2.75) is 6.92 Å². The normalized spacial score (nSPS) is 10.6. The molecule has 4 nitrogen and oxygen atoms in total. The molecule has 7 aromatic rings. The van der Waals surface area contributed by atoms with Crippen LogP contribution in [0.4, 0.5) is 4.39 Å². The van der Waals surface area contributed by atoms with Crippen molar-refractivity contribution >= 4 is 22.1 Å². The zero-order valence-corrected chi connectivity index (χ0v) is 23.9. The molecule has 0 unspecified atom stereocenters. The third-order valence-corrected chi connectivity index (χ3v) is 6.37. The largest absolute Gasteiger partial charge is 0.437 e. The van der Waals surface area contributed by atoms with Gasteiger partial charge in [0.1, 0.15) is 11.4 Å². The number of hydrogen-bond donors (Lipinski definition) is 0. The van der Waals surface area contributed by atoms with Crippen molar-refractivity contribution in [2.75, 3.05) is 0 Å². The van der Waals surface area contributed by atoms with Crippen LogP contribution in [0.5, 0.6) is 0 Å². The molecule has 0 amide bonds. The molecule has 4 heterocycles. The molecule has 4 aromatic heterocycles. The SMILES string of the molecule is Cc1ccc2c(n1)oc1c(-c3cc(-c4ccc(F)cc4)ccn3)cccc12.[Ir].[c-]1ccccc1-c1ccccn1. The molecule has 0 bridgehead atoms. The molecule has 3 aromatic carbocycles. The van der Waals surface area contributed by atoms with E-state index in [4.69, 9.17) is 4.42 Å². The third-order valence-electron chi connectivity index (χ3n) is 6.37. The Kier molecular flexibility index (Phi) is 8.20. The summed E-state index contributed by atoms with van der Waals surface area (Å²) in [4.78, 5) is 13.3. The van der Waals surface area contributed by atoms with Gasteiger partial charge in [-0.05, 0) is 72.3 Å². The Hall–Kier alpha value is -4.51. The molecule has 0 N–H and O–H groups in total. The van der Waals surface area contributed by atoms with Gasteiger partial charge in [0.15, 0.2) is 0 Å². The summed E-state index contributed by atoms with van der Waals surface area (Å²) in [5, 5.41) is 2.01. The molecule has 40 heavy (non-hydrogen) atoms. The van der Waals surface area contributed by atoms with E-state index in [1.165, 1.54) is 12.1 Å². The fourth-order valence-corrected chi connectivity index (χ4v) is 4.45. The molecule has 0 spiro atoms. The minimum absolute atomic E-state index is 0. The second kappa shape index (κ2) is 12.1. The number of aryl methyl sites for hydroxylation is 1. The number of aromatic nitrogens is 3. The molecule has 0 atom stereocenters. The number of hydrogen-bond acceptors (Lipinski definition) is 4. The number of fused-ring (bicyclic) bond motifs is 3. The van der Waals surface area contributed by atoms with Crippen LogP contribution in [0.2, 0.25) is 0 Å². The number of rotatable bonds is 3. The van der Waals surface area contributed by atoms with Crippen LogP contribution in [0.1, 0.15) is 5.69 Å². The van der Waals surface area contributed by atoms with Gasteiger partial charge in [-0.3, -0.25) is 4.98 Å². The summed E-state index contributed by atoms with van der Waals surface area (Å²) >= 11 is 0. The maximum atomic E-state index is 13.2. The quantitative estimate of drug-likeness (QED) is 0.173. The fraction of sp³-hybridized carbons (Fsp3) is 0.0294. The van der Waals surface area contributed by atoms with E-state index >= 15 is 0 Å². The topological polar surface area (TPSA) is 51.8 Å². The summed E-state index contributed by atoms with van der Waals surface area (Å²) in [6.45, 7) is 1.95. The molecular weight excluding hydrogens is 678 g/mol. The van der Waals surface area contributed by atoms with E-state index in [0.717, 1.165) is 55.7 Å². The first kappa shape index (κ1) is 27.1. The second-order valence-corrected chi connectivity index (χ2v) is 9.02. The molecule has 0 aliphatic rings. The zero-order chi connectivity index (χ0) is 26.6. The van der Waals surface area contributed by atoms with Crippen LogP contribution in [0.25, 0.3) is 55.7 Å². The first-order valence-corrected chi connectivity index (χ1v) is 12.5. The minimum Gasteiger partial charge on any atom is -0.437 e. The predicted molar refractivity (Wildman–Crippen MR) is 153 cm³/mol. The van der Waals surface area contributed by atoms with Crippen LogP contribution in [-0.4, -0.2) is 15.0 Å². The van der Waals surface area contributed by atoms with Gasteiger partial charge in [-0.15, -0.1) is 35.9 Å². The molecule has 1 radical (unpaired) electrons. The van der Waals surface area contributed by atoms with Gasteiger partial charge in [0, 0.05) is 54.5 Å². The fourth-order valence-electron chi connectivity index (χ4n) is 4.45. The summed E-state index contributed by atoms with van der Waals surface area (Å²) in [5.74, 6) is -0.247. The maximum Gasteiger partial charge on any atom is 0.227 e. The maximum absolute atomic E-state index is 13.2. The smallest absolute Gasteiger partial charge is 0.227 e. The molecule has 197 valence electrons. The molecule has 0 fully saturated rings. The van der Waals surface area contributed by atoms with Gasteiger partial charge in [-0.25, -0.2) is 9.37 Å². The van der Waals surface area contributed by atoms with Gasteiger partial charge in [0.2, 0.25) is 5.71 Å². The number of furan rings is 1. The van der Waals surface area contributed by atoms with E-state index in [9.17, 15) is 4.39 Å². The van der Waals surface area contributed by atoms with Gasteiger partial charge in [-0.1, -0.05) is 36.4 Å². The second-order valence-electron chi connectivity index (χ2n) is 9.02. The number of pyridine rings is 3. The van der Waals surface area contributed by atoms with Crippen molar-refractivity contribution in [3.8, 4) is 33.6 Å².